The Bertz CT molecular complexity index is 627. The first-order valence-corrected chi connectivity index (χ1v) is 7.11. The number of likely N-dealkylation sites (N-methyl/N-ethyl adjacent to an activating group) is 1. The maximum absolute atomic E-state index is 13.2. The SMILES string of the molecule is CN(CC1Cc2cc(F)ccc2O1)c1ccc(CN)cc1. The zero-order chi connectivity index (χ0) is 14.8. The summed E-state index contributed by atoms with van der Waals surface area (Å²) in [5.74, 6) is 0.594. The van der Waals surface area contributed by atoms with Gasteiger partial charge in [-0.25, -0.2) is 4.39 Å². The summed E-state index contributed by atoms with van der Waals surface area (Å²) in [6.45, 7) is 1.31. The third kappa shape index (κ3) is 3.00. The molecule has 3 rings (SSSR count). The van der Waals surface area contributed by atoms with E-state index in [-0.39, 0.29) is 11.9 Å². The minimum Gasteiger partial charge on any atom is -0.488 e. The van der Waals surface area contributed by atoms with Crippen LogP contribution in [0.4, 0.5) is 10.1 Å². The van der Waals surface area contributed by atoms with Gasteiger partial charge in [-0.2, -0.15) is 0 Å². The van der Waals surface area contributed by atoms with Gasteiger partial charge >= 0.3 is 0 Å². The molecule has 0 saturated carbocycles. The molecular weight excluding hydrogens is 267 g/mol. The van der Waals surface area contributed by atoms with Gasteiger partial charge < -0.3 is 15.4 Å². The van der Waals surface area contributed by atoms with Gasteiger partial charge in [0.25, 0.3) is 0 Å². The standard InChI is InChI=1S/C17H19FN2O/c1-20(15-5-2-12(10-19)3-6-15)11-16-9-13-8-14(18)4-7-17(13)21-16/h2-8,16H,9-11,19H2,1H3. The van der Waals surface area contributed by atoms with Crippen molar-refractivity contribution < 1.29 is 9.13 Å². The molecule has 0 fully saturated rings. The summed E-state index contributed by atoms with van der Waals surface area (Å²) >= 11 is 0. The average Bonchev–Trinajstić information content (AvgIpc) is 2.88. The topological polar surface area (TPSA) is 38.5 Å². The van der Waals surface area contributed by atoms with Gasteiger partial charge in [-0.15, -0.1) is 0 Å². The first kappa shape index (κ1) is 13.9. The Morgan fingerprint density at radius 2 is 2.00 bits per heavy atom. The Hall–Kier alpha value is -2.07. The summed E-state index contributed by atoms with van der Waals surface area (Å²) in [5.41, 5.74) is 8.80. The van der Waals surface area contributed by atoms with Crippen LogP contribution in [-0.4, -0.2) is 19.7 Å². The predicted molar refractivity (Wildman–Crippen MR) is 82.1 cm³/mol. The molecule has 21 heavy (non-hydrogen) atoms. The van der Waals surface area contributed by atoms with Gasteiger partial charge in [-0.1, -0.05) is 12.1 Å². The Balaban J connectivity index is 1.65. The van der Waals surface area contributed by atoms with Crippen LogP contribution in [-0.2, 0) is 13.0 Å². The minimum atomic E-state index is -0.205. The molecule has 110 valence electrons. The molecular formula is C17H19FN2O. The van der Waals surface area contributed by atoms with Crippen molar-refractivity contribution in [2.45, 2.75) is 19.1 Å². The molecule has 1 heterocycles. The van der Waals surface area contributed by atoms with E-state index in [2.05, 4.69) is 17.0 Å². The van der Waals surface area contributed by atoms with Crippen molar-refractivity contribution in [3.05, 3.63) is 59.4 Å². The highest BCUT2D eigenvalue weighted by molar-refractivity contribution is 5.47. The number of ether oxygens (including phenoxy) is 1. The van der Waals surface area contributed by atoms with Crippen LogP contribution in [0.25, 0.3) is 0 Å². The number of nitrogens with zero attached hydrogens (tertiary/aromatic N) is 1. The molecule has 4 heteroatoms. The number of nitrogens with two attached hydrogens (primary N) is 1. The van der Waals surface area contributed by atoms with Gasteiger partial charge in [0.2, 0.25) is 0 Å². The predicted octanol–water partition coefficient (Wildman–Crippen LogP) is 2.72. The third-order valence-corrected chi connectivity index (χ3v) is 3.85. The molecule has 1 aliphatic rings. The summed E-state index contributed by atoms with van der Waals surface area (Å²) in [6.07, 6.45) is 0.805. The van der Waals surface area contributed by atoms with Gasteiger partial charge in [-0.3, -0.25) is 0 Å². The van der Waals surface area contributed by atoms with Crippen molar-refractivity contribution in [1.82, 2.24) is 0 Å². The summed E-state index contributed by atoms with van der Waals surface area (Å²) in [6, 6.07) is 12.9. The van der Waals surface area contributed by atoms with E-state index < -0.39 is 0 Å². The normalized spacial score (nSPS) is 16.4. The molecule has 0 amide bonds. The lowest BCUT2D eigenvalue weighted by Crippen LogP contribution is -2.31. The number of fused-ring (bicyclic) bond motifs is 1. The van der Waals surface area contributed by atoms with Crippen molar-refractivity contribution in [2.75, 3.05) is 18.5 Å². The van der Waals surface area contributed by atoms with Crippen LogP contribution in [0.3, 0.4) is 0 Å². The van der Waals surface area contributed by atoms with Crippen molar-refractivity contribution in [1.29, 1.82) is 0 Å². The zero-order valence-electron chi connectivity index (χ0n) is 12.1. The second-order valence-corrected chi connectivity index (χ2v) is 5.45. The summed E-state index contributed by atoms with van der Waals surface area (Å²) in [5, 5.41) is 0. The summed E-state index contributed by atoms with van der Waals surface area (Å²) in [4.78, 5) is 2.15. The van der Waals surface area contributed by atoms with Gasteiger partial charge in [-0.05, 0) is 35.9 Å². The maximum atomic E-state index is 13.2. The molecule has 0 aliphatic carbocycles. The number of rotatable bonds is 4. The van der Waals surface area contributed by atoms with Gasteiger partial charge in [0.15, 0.2) is 0 Å². The summed E-state index contributed by atoms with van der Waals surface area (Å²) in [7, 11) is 2.03. The smallest absolute Gasteiger partial charge is 0.123 e. The first-order valence-electron chi connectivity index (χ1n) is 7.11. The molecule has 0 spiro atoms. The second-order valence-electron chi connectivity index (χ2n) is 5.45. The van der Waals surface area contributed by atoms with Crippen LogP contribution < -0.4 is 15.4 Å². The Labute approximate surface area is 124 Å². The summed E-state index contributed by atoms with van der Waals surface area (Å²) < 4.78 is 19.1. The largest absolute Gasteiger partial charge is 0.488 e. The fourth-order valence-electron chi connectivity index (χ4n) is 2.69. The van der Waals surface area contributed by atoms with Crippen LogP contribution in [0.1, 0.15) is 11.1 Å². The highest BCUT2D eigenvalue weighted by Gasteiger charge is 2.24. The van der Waals surface area contributed by atoms with E-state index in [4.69, 9.17) is 10.5 Å². The second kappa shape index (κ2) is 5.74. The molecule has 0 bridgehead atoms. The molecule has 2 N–H and O–H groups in total. The molecule has 2 aromatic rings. The van der Waals surface area contributed by atoms with E-state index >= 15 is 0 Å². The molecule has 0 radical (unpaired) electrons. The monoisotopic (exact) mass is 286 g/mol. The van der Waals surface area contributed by atoms with Crippen molar-refractivity contribution in [2.24, 2.45) is 5.73 Å². The van der Waals surface area contributed by atoms with E-state index in [1.54, 1.807) is 12.1 Å². The van der Waals surface area contributed by atoms with Crippen molar-refractivity contribution >= 4 is 5.69 Å². The number of halogens is 1. The first-order chi connectivity index (χ1) is 10.2. The fraction of sp³-hybridized carbons (Fsp3) is 0.294. The molecule has 3 nitrogen and oxygen atoms in total. The number of benzene rings is 2. The maximum Gasteiger partial charge on any atom is 0.123 e. The lowest BCUT2D eigenvalue weighted by molar-refractivity contribution is 0.239. The average molecular weight is 286 g/mol. The highest BCUT2D eigenvalue weighted by atomic mass is 19.1. The Morgan fingerprint density at radius 1 is 1.24 bits per heavy atom. The van der Waals surface area contributed by atoms with Crippen LogP contribution in [0.5, 0.6) is 5.75 Å². The molecule has 1 aliphatic heterocycles. The van der Waals surface area contributed by atoms with E-state index in [1.807, 2.05) is 19.2 Å². The Morgan fingerprint density at radius 3 is 2.71 bits per heavy atom. The molecule has 1 unspecified atom stereocenters. The lowest BCUT2D eigenvalue weighted by Gasteiger charge is -2.23. The molecule has 2 aromatic carbocycles. The van der Waals surface area contributed by atoms with Crippen LogP contribution in [0.15, 0.2) is 42.5 Å². The van der Waals surface area contributed by atoms with Gasteiger partial charge in [0.05, 0.1) is 6.54 Å². The highest BCUT2D eigenvalue weighted by Crippen LogP contribution is 2.30. The third-order valence-electron chi connectivity index (χ3n) is 3.85. The van der Waals surface area contributed by atoms with Gasteiger partial charge in [0, 0.05) is 31.3 Å². The minimum absolute atomic E-state index is 0.0565. The van der Waals surface area contributed by atoms with E-state index in [1.165, 1.54) is 6.07 Å². The Kier molecular flexibility index (Phi) is 3.80. The van der Waals surface area contributed by atoms with Crippen molar-refractivity contribution in [3.63, 3.8) is 0 Å². The number of hydrogen-bond acceptors (Lipinski definition) is 3. The quantitative estimate of drug-likeness (QED) is 0.939. The number of hydrogen-bond donors (Lipinski definition) is 1. The molecule has 0 aromatic heterocycles. The van der Waals surface area contributed by atoms with Crippen molar-refractivity contribution in [3.8, 4) is 5.75 Å². The molecule has 1 atom stereocenters. The van der Waals surface area contributed by atoms with E-state index in [0.717, 1.165) is 35.5 Å². The zero-order valence-corrected chi connectivity index (χ0v) is 12.1. The van der Waals surface area contributed by atoms with Crippen LogP contribution in [0.2, 0.25) is 0 Å². The number of anilines is 1. The van der Waals surface area contributed by atoms with E-state index in [9.17, 15) is 4.39 Å². The van der Waals surface area contributed by atoms with Crippen LogP contribution >= 0.6 is 0 Å². The van der Waals surface area contributed by atoms with E-state index in [0.29, 0.717) is 6.54 Å². The fourth-order valence-corrected chi connectivity index (χ4v) is 2.69. The van der Waals surface area contributed by atoms with Gasteiger partial charge in [0.1, 0.15) is 17.7 Å². The van der Waals surface area contributed by atoms with Crippen LogP contribution in [0, 0.1) is 5.82 Å². The molecule has 0 saturated heterocycles. The lowest BCUT2D eigenvalue weighted by atomic mass is 10.1.